The summed E-state index contributed by atoms with van der Waals surface area (Å²) in [5.41, 5.74) is 1.74. The molecule has 0 fully saturated rings. The molecule has 6 nitrogen and oxygen atoms in total. The van der Waals surface area contributed by atoms with Crippen molar-refractivity contribution < 1.29 is 19.1 Å². The molecular formula is C20H18N2O4. The van der Waals surface area contributed by atoms with E-state index >= 15 is 0 Å². The number of carbonyl (C=O) groups excluding carboxylic acids is 3. The molecule has 0 bridgehead atoms. The Bertz CT molecular complexity index is 960. The molecule has 0 saturated carbocycles. The Morgan fingerprint density at radius 1 is 1.04 bits per heavy atom. The number of para-hydroxylation sites is 1. The van der Waals surface area contributed by atoms with E-state index in [4.69, 9.17) is 4.74 Å². The molecule has 3 rings (SSSR count). The minimum atomic E-state index is -0.473. The number of ether oxygens (including phenoxy) is 1. The van der Waals surface area contributed by atoms with Gasteiger partial charge in [-0.3, -0.25) is 9.59 Å². The molecule has 3 aromatic rings. The van der Waals surface area contributed by atoms with Crippen molar-refractivity contribution in [3.63, 3.8) is 0 Å². The Labute approximate surface area is 150 Å². The van der Waals surface area contributed by atoms with Crippen LogP contribution in [-0.2, 0) is 4.74 Å². The van der Waals surface area contributed by atoms with Crippen LogP contribution >= 0.6 is 0 Å². The number of ketones is 1. The SMILES string of the molecule is CCOC(=O)c1cc2cccc(C(=O)CNC(=O)c3ccccc3)c2[nH]1. The van der Waals surface area contributed by atoms with E-state index in [1.165, 1.54) is 0 Å². The van der Waals surface area contributed by atoms with Crippen LogP contribution in [0.3, 0.4) is 0 Å². The Morgan fingerprint density at radius 2 is 1.81 bits per heavy atom. The highest BCUT2D eigenvalue weighted by Crippen LogP contribution is 2.20. The highest BCUT2D eigenvalue weighted by molar-refractivity contribution is 6.10. The molecule has 0 aliphatic rings. The van der Waals surface area contributed by atoms with Crippen molar-refractivity contribution >= 4 is 28.6 Å². The second-order valence-electron chi connectivity index (χ2n) is 5.65. The first-order chi connectivity index (χ1) is 12.6. The van der Waals surface area contributed by atoms with Gasteiger partial charge in [-0.1, -0.05) is 30.3 Å². The Balaban J connectivity index is 1.78. The number of aromatic amines is 1. The molecule has 132 valence electrons. The number of hydrogen-bond acceptors (Lipinski definition) is 4. The Hall–Kier alpha value is -3.41. The average Bonchev–Trinajstić information content (AvgIpc) is 3.11. The topological polar surface area (TPSA) is 88.3 Å². The Kier molecular flexibility index (Phi) is 5.12. The fraction of sp³-hybridized carbons (Fsp3) is 0.150. The molecule has 0 atom stereocenters. The first-order valence-corrected chi connectivity index (χ1v) is 8.25. The summed E-state index contributed by atoms with van der Waals surface area (Å²) in [6.07, 6.45) is 0. The van der Waals surface area contributed by atoms with Crippen LogP contribution in [0.15, 0.2) is 54.6 Å². The summed E-state index contributed by atoms with van der Waals surface area (Å²) in [6, 6.07) is 15.5. The number of H-pyrrole nitrogens is 1. The number of aromatic nitrogens is 1. The van der Waals surface area contributed by atoms with E-state index < -0.39 is 5.97 Å². The van der Waals surface area contributed by atoms with Gasteiger partial charge in [0.2, 0.25) is 0 Å². The molecule has 26 heavy (non-hydrogen) atoms. The minimum absolute atomic E-state index is 0.138. The standard InChI is InChI=1S/C20H18N2O4/c1-2-26-20(25)16-11-14-9-6-10-15(18(14)22-16)17(23)12-21-19(24)13-7-4-3-5-8-13/h3-11,22H,2,12H2,1H3,(H,21,24). The van der Waals surface area contributed by atoms with Crippen LogP contribution in [0.5, 0.6) is 0 Å². The van der Waals surface area contributed by atoms with Gasteiger partial charge in [-0.05, 0) is 31.2 Å². The number of carbonyl (C=O) groups is 3. The number of nitrogens with one attached hydrogen (secondary N) is 2. The molecule has 0 aliphatic heterocycles. The number of rotatable bonds is 6. The van der Waals surface area contributed by atoms with E-state index in [0.717, 1.165) is 5.39 Å². The van der Waals surface area contributed by atoms with E-state index in [2.05, 4.69) is 10.3 Å². The van der Waals surface area contributed by atoms with Crippen LogP contribution in [0, 0.1) is 0 Å². The van der Waals surface area contributed by atoms with Gasteiger partial charge in [0, 0.05) is 16.5 Å². The molecule has 6 heteroatoms. The van der Waals surface area contributed by atoms with Crippen LogP contribution in [0.4, 0.5) is 0 Å². The molecule has 1 aromatic heterocycles. The molecule has 0 radical (unpaired) electrons. The summed E-state index contributed by atoms with van der Waals surface area (Å²) >= 11 is 0. The van der Waals surface area contributed by atoms with Crippen molar-refractivity contribution in [2.45, 2.75) is 6.92 Å². The first kappa shape index (κ1) is 17.4. The summed E-state index contributed by atoms with van der Waals surface area (Å²) in [7, 11) is 0. The highest BCUT2D eigenvalue weighted by atomic mass is 16.5. The predicted octanol–water partition coefficient (Wildman–Crippen LogP) is 2.96. The van der Waals surface area contributed by atoms with Crippen molar-refractivity contribution in [3.8, 4) is 0 Å². The van der Waals surface area contributed by atoms with Crippen molar-refractivity contribution in [2.75, 3.05) is 13.2 Å². The third kappa shape index (κ3) is 3.64. The normalized spacial score (nSPS) is 10.5. The van der Waals surface area contributed by atoms with Crippen molar-refractivity contribution in [3.05, 3.63) is 71.4 Å². The van der Waals surface area contributed by atoms with Crippen molar-refractivity contribution in [2.24, 2.45) is 0 Å². The lowest BCUT2D eigenvalue weighted by atomic mass is 10.1. The van der Waals surface area contributed by atoms with E-state index in [9.17, 15) is 14.4 Å². The van der Waals surface area contributed by atoms with Crippen LogP contribution in [0.25, 0.3) is 10.9 Å². The fourth-order valence-electron chi connectivity index (χ4n) is 2.65. The van der Waals surface area contributed by atoms with E-state index in [0.29, 0.717) is 16.6 Å². The molecule has 0 saturated heterocycles. The second kappa shape index (κ2) is 7.65. The van der Waals surface area contributed by atoms with Gasteiger partial charge in [0.05, 0.1) is 18.7 Å². The van der Waals surface area contributed by atoms with E-state index in [-0.39, 0.29) is 30.5 Å². The van der Waals surface area contributed by atoms with Gasteiger partial charge in [-0.25, -0.2) is 4.79 Å². The van der Waals surface area contributed by atoms with Crippen LogP contribution in [0.2, 0.25) is 0 Å². The smallest absolute Gasteiger partial charge is 0.354 e. The second-order valence-corrected chi connectivity index (χ2v) is 5.65. The lowest BCUT2D eigenvalue weighted by Crippen LogP contribution is -2.29. The number of Topliss-reactive ketones (excluding diaryl/α,β-unsaturated/α-hetero) is 1. The van der Waals surface area contributed by atoms with E-state index in [1.54, 1.807) is 55.5 Å². The fourth-order valence-corrected chi connectivity index (χ4v) is 2.65. The molecule has 1 heterocycles. The zero-order chi connectivity index (χ0) is 18.5. The van der Waals surface area contributed by atoms with Crippen molar-refractivity contribution in [1.29, 1.82) is 0 Å². The molecule has 2 N–H and O–H groups in total. The average molecular weight is 350 g/mol. The first-order valence-electron chi connectivity index (χ1n) is 8.25. The van der Waals surface area contributed by atoms with Crippen LogP contribution in [0.1, 0.15) is 38.1 Å². The number of esters is 1. The number of benzene rings is 2. The largest absolute Gasteiger partial charge is 0.461 e. The van der Waals surface area contributed by atoms with E-state index in [1.807, 2.05) is 6.07 Å². The number of hydrogen-bond donors (Lipinski definition) is 2. The maximum Gasteiger partial charge on any atom is 0.354 e. The third-order valence-electron chi connectivity index (χ3n) is 3.90. The molecule has 0 aliphatic carbocycles. The summed E-state index contributed by atoms with van der Waals surface area (Å²) < 4.78 is 4.97. The minimum Gasteiger partial charge on any atom is -0.461 e. The maximum atomic E-state index is 12.5. The monoisotopic (exact) mass is 350 g/mol. The summed E-state index contributed by atoms with van der Waals surface area (Å²) in [5.74, 6) is -1.04. The van der Waals surface area contributed by atoms with Crippen LogP contribution < -0.4 is 5.32 Å². The quantitative estimate of drug-likeness (QED) is 0.528. The summed E-state index contributed by atoms with van der Waals surface area (Å²) in [5, 5.41) is 3.35. The van der Waals surface area contributed by atoms with Gasteiger partial charge < -0.3 is 15.0 Å². The lowest BCUT2D eigenvalue weighted by Gasteiger charge is -2.06. The zero-order valence-corrected chi connectivity index (χ0v) is 14.2. The molecule has 2 aromatic carbocycles. The molecular weight excluding hydrogens is 332 g/mol. The van der Waals surface area contributed by atoms with Gasteiger partial charge in [-0.2, -0.15) is 0 Å². The summed E-state index contributed by atoms with van der Waals surface area (Å²) in [6.45, 7) is 1.86. The van der Waals surface area contributed by atoms with Gasteiger partial charge in [0.15, 0.2) is 5.78 Å². The molecule has 0 unspecified atom stereocenters. The number of amides is 1. The lowest BCUT2D eigenvalue weighted by molar-refractivity contribution is 0.0520. The van der Waals surface area contributed by atoms with Crippen molar-refractivity contribution in [1.82, 2.24) is 10.3 Å². The van der Waals surface area contributed by atoms with Gasteiger partial charge in [0.25, 0.3) is 5.91 Å². The maximum absolute atomic E-state index is 12.5. The zero-order valence-electron chi connectivity index (χ0n) is 14.2. The van der Waals surface area contributed by atoms with Crippen LogP contribution in [-0.4, -0.2) is 35.8 Å². The Morgan fingerprint density at radius 3 is 2.54 bits per heavy atom. The van der Waals surface area contributed by atoms with Gasteiger partial charge in [0.1, 0.15) is 5.69 Å². The van der Waals surface area contributed by atoms with Gasteiger partial charge in [-0.15, -0.1) is 0 Å². The molecule has 0 spiro atoms. The number of fused-ring (bicyclic) bond motifs is 1. The highest BCUT2D eigenvalue weighted by Gasteiger charge is 2.16. The third-order valence-corrected chi connectivity index (χ3v) is 3.90. The predicted molar refractivity (Wildman–Crippen MR) is 97.4 cm³/mol. The summed E-state index contributed by atoms with van der Waals surface area (Å²) in [4.78, 5) is 39.4. The molecule has 1 amide bonds. The van der Waals surface area contributed by atoms with Gasteiger partial charge >= 0.3 is 5.97 Å².